The highest BCUT2D eigenvalue weighted by atomic mass is 32.2. The van der Waals surface area contributed by atoms with Crippen molar-refractivity contribution in [3.05, 3.63) is 53.9 Å². The zero-order valence-electron chi connectivity index (χ0n) is 15.1. The van der Waals surface area contributed by atoms with Crippen LogP contribution in [0.3, 0.4) is 0 Å². The largest absolute Gasteiger partial charge is 0.417 e. The van der Waals surface area contributed by atoms with Crippen molar-refractivity contribution in [2.24, 2.45) is 0 Å². The number of halogens is 3. The zero-order valence-corrected chi connectivity index (χ0v) is 15.9. The zero-order chi connectivity index (χ0) is 20.3. The van der Waals surface area contributed by atoms with Crippen molar-refractivity contribution in [2.75, 3.05) is 23.4 Å². The van der Waals surface area contributed by atoms with Gasteiger partial charge in [0.15, 0.2) is 0 Å². The molecule has 3 aromatic rings. The number of benzene rings is 1. The molecule has 0 spiro atoms. The predicted molar refractivity (Wildman–Crippen MR) is 105 cm³/mol. The van der Waals surface area contributed by atoms with Crippen LogP contribution in [0.15, 0.2) is 47.5 Å². The monoisotopic (exact) mass is 406 g/mol. The molecule has 0 atom stereocenters. The molecule has 0 unspecified atom stereocenters. The first-order valence-corrected chi connectivity index (χ1v) is 9.41. The van der Waals surface area contributed by atoms with Gasteiger partial charge in [0.1, 0.15) is 11.5 Å². The smallest absolute Gasteiger partial charge is 0.371 e. The Morgan fingerprint density at radius 2 is 1.96 bits per heavy atom. The Morgan fingerprint density at radius 1 is 1.21 bits per heavy atom. The Hall–Kier alpha value is -2.81. The van der Waals surface area contributed by atoms with Gasteiger partial charge >= 0.3 is 6.18 Å². The van der Waals surface area contributed by atoms with Crippen LogP contribution in [0, 0.1) is 0 Å². The molecule has 0 aliphatic rings. The summed E-state index contributed by atoms with van der Waals surface area (Å²) in [5, 5.41) is 6.08. The van der Waals surface area contributed by atoms with Crippen LogP contribution >= 0.6 is 11.8 Å². The van der Waals surface area contributed by atoms with Gasteiger partial charge in [-0.1, -0.05) is 25.1 Å². The van der Waals surface area contributed by atoms with E-state index in [1.165, 1.54) is 18.8 Å². The van der Waals surface area contributed by atoms with Gasteiger partial charge < -0.3 is 10.6 Å². The second kappa shape index (κ2) is 8.05. The van der Waals surface area contributed by atoms with Gasteiger partial charge in [0.05, 0.1) is 16.8 Å². The fourth-order valence-corrected chi connectivity index (χ4v) is 3.42. The summed E-state index contributed by atoms with van der Waals surface area (Å²) >= 11 is 1.44. The molecule has 2 heterocycles. The van der Waals surface area contributed by atoms with Crippen molar-refractivity contribution in [2.45, 2.75) is 18.0 Å². The Labute approximate surface area is 163 Å². The minimum absolute atomic E-state index is 0.0651. The summed E-state index contributed by atoms with van der Waals surface area (Å²) in [7, 11) is 1.51. The number of thioether (sulfide) groups is 1. The lowest BCUT2D eigenvalue weighted by Gasteiger charge is -2.14. The molecular weight excluding hydrogens is 389 g/mol. The van der Waals surface area contributed by atoms with E-state index in [0.717, 1.165) is 11.5 Å². The van der Waals surface area contributed by atoms with Crippen LogP contribution in [-0.4, -0.2) is 28.7 Å². The number of hydrogen-bond acceptors (Lipinski definition) is 5. The Balaban J connectivity index is 2.02. The highest BCUT2D eigenvalue weighted by Gasteiger charge is 2.32. The number of nitrogens with one attached hydrogen (secondary N) is 2. The summed E-state index contributed by atoms with van der Waals surface area (Å²) in [5.41, 5.74) is -0.227. The number of para-hydroxylation sites is 1. The van der Waals surface area contributed by atoms with Crippen molar-refractivity contribution in [3.63, 3.8) is 0 Å². The molecule has 9 heteroatoms. The SMILES string of the molecule is CCSc1cc2ccccc2nc1C(=O)Nc1cc(C(F)(F)F)cnc1NC. The van der Waals surface area contributed by atoms with Crippen LogP contribution in [-0.2, 0) is 6.18 Å². The quantitative estimate of drug-likeness (QED) is 0.580. The topological polar surface area (TPSA) is 66.9 Å². The van der Waals surface area contributed by atoms with Gasteiger partial charge in [-0.25, -0.2) is 9.97 Å². The summed E-state index contributed by atoms with van der Waals surface area (Å²) < 4.78 is 39.0. The van der Waals surface area contributed by atoms with E-state index < -0.39 is 17.6 Å². The number of amides is 1. The molecule has 5 nitrogen and oxygen atoms in total. The third kappa shape index (κ3) is 4.19. The molecule has 0 aliphatic heterocycles. The lowest BCUT2D eigenvalue weighted by molar-refractivity contribution is -0.137. The lowest BCUT2D eigenvalue weighted by Crippen LogP contribution is -2.17. The standard InChI is InChI=1S/C19H17F3N4OS/c1-3-28-15-8-11-6-4-5-7-13(11)25-16(15)18(27)26-14-9-12(19(20,21)22)10-24-17(14)23-2/h4-10H,3H2,1-2H3,(H,23,24)(H,26,27). The summed E-state index contributed by atoms with van der Waals surface area (Å²) in [6.07, 6.45) is -3.85. The molecule has 0 saturated carbocycles. The van der Waals surface area contributed by atoms with Crippen LogP contribution in [0.5, 0.6) is 0 Å². The molecule has 3 rings (SSSR count). The van der Waals surface area contributed by atoms with E-state index in [-0.39, 0.29) is 17.2 Å². The Kier molecular flexibility index (Phi) is 5.73. The predicted octanol–water partition coefficient (Wildman–Crippen LogP) is 5.05. The maximum atomic E-state index is 13.0. The number of alkyl halides is 3. The van der Waals surface area contributed by atoms with Gasteiger partial charge in [-0.3, -0.25) is 4.79 Å². The summed E-state index contributed by atoms with van der Waals surface area (Å²) in [6, 6.07) is 10.0. The van der Waals surface area contributed by atoms with Gasteiger partial charge in [0, 0.05) is 23.5 Å². The molecular formula is C19H17F3N4OS. The van der Waals surface area contributed by atoms with Crippen molar-refractivity contribution < 1.29 is 18.0 Å². The Morgan fingerprint density at radius 3 is 2.64 bits per heavy atom. The van der Waals surface area contributed by atoms with E-state index in [1.807, 2.05) is 25.1 Å². The van der Waals surface area contributed by atoms with E-state index in [0.29, 0.717) is 22.4 Å². The molecule has 0 bridgehead atoms. The number of anilines is 2. The summed E-state index contributed by atoms with van der Waals surface area (Å²) in [5.74, 6) is 0.249. The molecule has 1 amide bonds. The highest BCUT2D eigenvalue weighted by Crippen LogP contribution is 2.33. The van der Waals surface area contributed by atoms with Crippen LogP contribution in [0.2, 0.25) is 0 Å². The first kappa shape index (κ1) is 19.9. The van der Waals surface area contributed by atoms with Crippen molar-refractivity contribution >= 4 is 40.1 Å². The fourth-order valence-electron chi connectivity index (χ4n) is 2.62. The van der Waals surface area contributed by atoms with Crippen LogP contribution in [0.25, 0.3) is 10.9 Å². The molecule has 0 radical (unpaired) electrons. The van der Waals surface area contributed by atoms with E-state index in [9.17, 15) is 18.0 Å². The van der Waals surface area contributed by atoms with Gasteiger partial charge in [-0.05, 0) is 24.0 Å². The van der Waals surface area contributed by atoms with E-state index in [4.69, 9.17) is 0 Å². The molecule has 2 aromatic heterocycles. The van der Waals surface area contributed by atoms with E-state index in [1.54, 1.807) is 12.1 Å². The number of nitrogens with zero attached hydrogens (tertiary/aromatic N) is 2. The van der Waals surface area contributed by atoms with E-state index in [2.05, 4.69) is 20.6 Å². The average Bonchev–Trinajstić information content (AvgIpc) is 2.67. The number of rotatable bonds is 5. The maximum absolute atomic E-state index is 13.0. The number of carbonyl (C=O) groups is 1. The minimum atomic E-state index is -4.57. The number of hydrogen-bond donors (Lipinski definition) is 2. The fraction of sp³-hybridized carbons (Fsp3) is 0.211. The second-order valence-corrected chi connectivity index (χ2v) is 7.09. The molecule has 0 aliphatic carbocycles. The first-order valence-electron chi connectivity index (χ1n) is 8.42. The number of fused-ring (bicyclic) bond motifs is 1. The molecule has 0 fully saturated rings. The highest BCUT2D eigenvalue weighted by molar-refractivity contribution is 7.99. The molecule has 0 saturated heterocycles. The van der Waals surface area contributed by atoms with Crippen LogP contribution in [0.4, 0.5) is 24.7 Å². The minimum Gasteiger partial charge on any atom is -0.371 e. The summed E-state index contributed by atoms with van der Waals surface area (Å²) in [4.78, 5) is 21.7. The second-order valence-electron chi connectivity index (χ2n) is 5.78. The van der Waals surface area contributed by atoms with Crippen LogP contribution in [0.1, 0.15) is 23.0 Å². The number of aromatic nitrogens is 2. The van der Waals surface area contributed by atoms with Crippen molar-refractivity contribution in [1.82, 2.24) is 9.97 Å². The molecule has 2 N–H and O–H groups in total. The summed E-state index contributed by atoms with van der Waals surface area (Å²) in [6.45, 7) is 1.94. The molecule has 28 heavy (non-hydrogen) atoms. The van der Waals surface area contributed by atoms with Gasteiger partial charge in [-0.15, -0.1) is 11.8 Å². The molecule has 146 valence electrons. The van der Waals surface area contributed by atoms with Gasteiger partial charge in [-0.2, -0.15) is 13.2 Å². The average molecular weight is 406 g/mol. The normalized spacial score (nSPS) is 11.5. The van der Waals surface area contributed by atoms with Gasteiger partial charge in [0.25, 0.3) is 5.91 Å². The third-order valence-corrected chi connectivity index (χ3v) is 4.81. The third-order valence-electron chi connectivity index (χ3n) is 3.90. The van der Waals surface area contributed by atoms with Crippen LogP contribution < -0.4 is 10.6 Å². The Bertz CT molecular complexity index is 1020. The van der Waals surface area contributed by atoms with Crippen molar-refractivity contribution in [1.29, 1.82) is 0 Å². The van der Waals surface area contributed by atoms with Crippen molar-refractivity contribution in [3.8, 4) is 0 Å². The number of carbonyl (C=O) groups excluding carboxylic acids is 1. The molecule has 1 aromatic carbocycles. The van der Waals surface area contributed by atoms with Gasteiger partial charge in [0.2, 0.25) is 0 Å². The van der Waals surface area contributed by atoms with E-state index >= 15 is 0 Å². The number of pyridine rings is 2. The first-order chi connectivity index (χ1) is 13.3. The lowest BCUT2D eigenvalue weighted by atomic mass is 10.2. The maximum Gasteiger partial charge on any atom is 0.417 e.